The zero-order valence-corrected chi connectivity index (χ0v) is 20.4. The third kappa shape index (κ3) is 6.05. The quantitative estimate of drug-likeness (QED) is 0.361. The van der Waals surface area contributed by atoms with Crippen LogP contribution in [0.1, 0.15) is 62.7 Å². The molecule has 0 spiro atoms. The van der Waals surface area contributed by atoms with Crippen LogP contribution >= 0.6 is 11.6 Å². The molecule has 6 heteroatoms. The fraction of sp³-hybridized carbons (Fsp3) is 0.333. The summed E-state index contributed by atoms with van der Waals surface area (Å²) in [6, 6.07) is 16.4. The molecule has 3 rings (SSSR count). The second-order valence-corrected chi connectivity index (χ2v) is 9.29. The molecule has 33 heavy (non-hydrogen) atoms. The lowest BCUT2D eigenvalue weighted by Gasteiger charge is -2.23. The second-order valence-electron chi connectivity index (χ2n) is 8.85. The number of rotatable bonds is 9. The Bertz CT molecular complexity index is 1120. The van der Waals surface area contributed by atoms with E-state index in [0.29, 0.717) is 27.9 Å². The molecule has 1 aromatic heterocycles. The van der Waals surface area contributed by atoms with Gasteiger partial charge in [-0.2, -0.15) is 0 Å². The van der Waals surface area contributed by atoms with Crippen molar-refractivity contribution in [3.05, 3.63) is 76.4 Å². The van der Waals surface area contributed by atoms with E-state index in [1.165, 1.54) is 5.56 Å². The van der Waals surface area contributed by atoms with Gasteiger partial charge in [0.2, 0.25) is 0 Å². The molecular weight excluding hydrogens is 438 g/mol. The molecule has 174 valence electrons. The van der Waals surface area contributed by atoms with Crippen LogP contribution in [-0.4, -0.2) is 22.2 Å². The maximum atomic E-state index is 11.8. The molecule has 0 radical (unpaired) electrons. The molecule has 1 N–H and O–H groups in total. The predicted molar refractivity (Wildman–Crippen MR) is 131 cm³/mol. The zero-order valence-electron chi connectivity index (χ0n) is 19.7. The van der Waals surface area contributed by atoms with Gasteiger partial charge in [0.1, 0.15) is 18.1 Å². The number of hydrogen-bond donors (Lipinski definition) is 1. The molecule has 2 aromatic carbocycles. The van der Waals surface area contributed by atoms with Crippen LogP contribution < -0.4 is 9.47 Å². The highest BCUT2D eigenvalue weighted by Crippen LogP contribution is 2.33. The van der Waals surface area contributed by atoms with Crippen molar-refractivity contribution < 1.29 is 19.4 Å². The standard InChI is InChI=1S/C27H30ClNO4/c1-6-27(4,5)18-7-10-20(11-8-18)32-16-24-22(26(30)31)13-14-23(29-24)21-12-9-19(28)15-25(21)33-17(2)3/h7-15,17H,6,16H2,1-5H3,(H,30,31). The van der Waals surface area contributed by atoms with Gasteiger partial charge in [0, 0.05) is 10.6 Å². The predicted octanol–water partition coefficient (Wildman–Crippen LogP) is 7.15. The van der Waals surface area contributed by atoms with E-state index in [1.807, 2.05) is 44.2 Å². The minimum absolute atomic E-state index is 0.0277. The average molecular weight is 468 g/mol. The van der Waals surface area contributed by atoms with Gasteiger partial charge in [-0.15, -0.1) is 0 Å². The third-order valence-corrected chi connectivity index (χ3v) is 5.92. The first-order chi connectivity index (χ1) is 15.6. The number of carbonyl (C=O) groups is 1. The van der Waals surface area contributed by atoms with Gasteiger partial charge in [-0.05, 0) is 73.7 Å². The highest BCUT2D eigenvalue weighted by molar-refractivity contribution is 6.30. The van der Waals surface area contributed by atoms with Gasteiger partial charge < -0.3 is 14.6 Å². The van der Waals surface area contributed by atoms with Crippen molar-refractivity contribution in [3.63, 3.8) is 0 Å². The Morgan fingerprint density at radius 2 is 1.79 bits per heavy atom. The minimum atomic E-state index is -1.05. The van der Waals surface area contributed by atoms with Crippen LogP contribution in [0.25, 0.3) is 11.3 Å². The molecule has 0 aliphatic rings. The highest BCUT2D eigenvalue weighted by Gasteiger charge is 2.19. The van der Waals surface area contributed by atoms with Gasteiger partial charge >= 0.3 is 5.97 Å². The Labute approximate surface area is 200 Å². The number of benzene rings is 2. The zero-order chi connectivity index (χ0) is 24.2. The molecule has 0 atom stereocenters. The van der Waals surface area contributed by atoms with Crippen LogP contribution in [0.4, 0.5) is 0 Å². The summed E-state index contributed by atoms with van der Waals surface area (Å²) in [5.41, 5.74) is 3.07. The molecule has 0 saturated heterocycles. The van der Waals surface area contributed by atoms with Crippen molar-refractivity contribution in [3.8, 4) is 22.8 Å². The molecule has 0 aliphatic carbocycles. The fourth-order valence-corrected chi connectivity index (χ4v) is 3.54. The van der Waals surface area contributed by atoms with Crippen molar-refractivity contribution in [2.75, 3.05) is 0 Å². The summed E-state index contributed by atoms with van der Waals surface area (Å²) in [5.74, 6) is 0.195. The number of hydrogen-bond acceptors (Lipinski definition) is 4. The summed E-state index contributed by atoms with van der Waals surface area (Å²) in [4.78, 5) is 16.4. The number of carboxylic acid groups (broad SMARTS) is 1. The van der Waals surface area contributed by atoms with E-state index in [4.69, 9.17) is 21.1 Å². The normalized spacial score (nSPS) is 11.5. The Hall–Kier alpha value is -3.05. The van der Waals surface area contributed by atoms with Crippen molar-refractivity contribution in [1.29, 1.82) is 0 Å². The van der Waals surface area contributed by atoms with Crippen LogP contribution in [0.15, 0.2) is 54.6 Å². The number of aromatic nitrogens is 1. The molecule has 0 fully saturated rings. The highest BCUT2D eigenvalue weighted by atomic mass is 35.5. The van der Waals surface area contributed by atoms with Crippen LogP contribution in [0, 0.1) is 0 Å². The number of aromatic carboxylic acids is 1. The SMILES string of the molecule is CCC(C)(C)c1ccc(OCc2nc(-c3ccc(Cl)cc3OC(C)C)ccc2C(=O)O)cc1. The van der Waals surface area contributed by atoms with E-state index < -0.39 is 5.97 Å². The lowest BCUT2D eigenvalue weighted by Crippen LogP contribution is -2.15. The van der Waals surface area contributed by atoms with Crippen LogP contribution in [0.2, 0.25) is 5.02 Å². The maximum absolute atomic E-state index is 11.8. The first-order valence-corrected chi connectivity index (χ1v) is 11.4. The summed E-state index contributed by atoms with van der Waals surface area (Å²) in [5, 5.41) is 10.2. The van der Waals surface area contributed by atoms with Gasteiger partial charge in [0.25, 0.3) is 0 Å². The van der Waals surface area contributed by atoms with Gasteiger partial charge in [-0.1, -0.05) is 44.5 Å². The maximum Gasteiger partial charge on any atom is 0.337 e. The molecule has 3 aromatic rings. The number of halogens is 1. The summed E-state index contributed by atoms with van der Waals surface area (Å²) < 4.78 is 11.8. The van der Waals surface area contributed by atoms with Gasteiger partial charge in [-0.25, -0.2) is 9.78 Å². The average Bonchev–Trinajstić information content (AvgIpc) is 2.77. The summed E-state index contributed by atoms with van der Waals surface area (Å²) in [7, 11) is 0. The molecular formula is C27H30ClNO4. The summed E-state index contributed by atoms with van der Waals surface area (Å²) >= 11 is 6.15. The molecule has 0 aliphatic heterocycles. The summed E-state index contributed by atoms with van der Waals surface area (Å²) in [6.45, 7) is 10.4. The van der Waals surface area contributed by atoms with Crippen LogP contribution in [0.5, 0.6) is 11.5 Å². The molecule has 1 heterocycles. The molecule has 0 bridgehead atoms. The van der Waals surface area contributed by atoms with E-state index >= 15 is 0 Å². The topological polar surface area (TPSA) is 68.7 Å². The number of ether oxygens (including phenoxy) is 2. The summed E-state index contributed by atoms with van der Waals surface area (Å²) in [6.07, 6.45) is 0.975. The Morgan fingerprint density at radius 1 is 1.09 bits per heavy atom. The molecule has 5 nitrogen and oxygen atoms in total. The molecule has 0 unspecified atom stereocenters. The van der Waals surface area contributed by atoms with Gasteiger partial charge in [0.15, 0.2) is 0 Å². The third-order valence-electron chi connectivity index (χ3n) is 5.68. The minimum Gasteiger partial charge on any atom is -0.490 e. The van der Waals surface area contributed by atoms with Gasteiger partial charge in [0.05, 0.1) is 23.1 Å². The lowest BCUT2D eigenvalue weighted by atomic mass is 9.82. The van der Waals surface area contributed by atoms with Crippen molar-refractivity contribution in [1.82, 2.24) is 4.98 Å². The largest absolute Gasteiger partial charge is 0.490 e. The van der Waals surface area contributed by atoms with Gasteiger partial charge in [-0.3, -0.25) is 0 Å². The Morgan fingerprint density at radius 3 is 2.39 bits per heavy atom. The first-order valence-electron chi connectivity index (χ1n) is 11.0. The number of carboxylic acids is 1. The van der Waals surface area contributed by atoms with E-state index in [2.05, 4.69) is 25.8 Å². The van der Waals surface area contributed by atoms with E-state index in [0.717, 1.165) is 12.0 Å². The Kier molecular flexibility index (Phi) is 7.65. The van der Waals surface area contributed by atoms with Crippen molar-refractivity contribution in [2.45, 2.75) is 59.2 Å². The number of pyridine rings is 1. The first kappa shape index (κ1) is 24.6. The molecule has 0 saturated carbocycles. The van der Waals surface area contributed by atoms with E-state index in [1.54, 1.807) is 24.3 Å². The fourth-order valence-electron chi connectivity index (χ4n) is 3.37. The lowest BCUT2D eigenvalue weighted by molar-refractivity contribution is 0.0693. The molecule has 0 amide bonds. The monoisotopic (exact) mass is 467 g/mol. The van der Waals surface area contributed by atoms with E-state index in [-0.39, 0.29) is 23.7 Å². The van der Waals surface area contributed by atoms with Crippen LogP contribution in [0.3, 0.4) is 0 Å². The van der Waals surface area contributed by atoms with Crippen molar-refractivity contribution in [2.24, 2.45) is 0 Å². The van der Waals surface area contributed by atoms with Crippen molar-refractivity contribution >= 4 is 17.6 Å². The Balaban J connectivity index is 1.90. The second kappa shape index (κ2) is 10.3. The van der Waals surface area contributed by atoms with E-state index in [9.17, 15) is 9.90 Å². The van der Waals surface area contributed by atoms with Crippen LogP contribution in [-0.2, 0) is 12.0 Å². The smallest absolute Gasteiger partial charge is 0.337 e. The number of nitrogens with zero attached hydrogens (tertiary/aromatic N) is 1.